The van der Waals surface area contributed by atoms with E-state index < -0.39 is 0 Å². The molecule has 5 heteroatoms. The predicted molar refractivity (Wildman–Crippen MR) is 55.8 cm³/mol. The standard InChI is InChI=1S/C8H10BrClN2O/c1-13-4-7(11)8-6(9)2-5(10)3-12-8/h2-3,7H,4,11H2,1H3/t7-/m1/s1. The van der Waals surface area contributed by atoms with E-state index in [2.05, 4.69) is 20.9 Å². The van der Waals surface area contributed by atoms with Crippen molar-refractivity contribution in [2.45, 2.75) is 6.04 Å². The minimum Gasteiger partial charge on any atom is -0.383 e. The van der Waals surface area contributed by atoms with Gasteiger partial charge in [0.15, 0.2) is 0 Å². The molecule has 0 unspecified atom stereocenters. The van der Waals surface area contributed by atoms with Gasteiger partial charge in [0, 0.05) is 17.8 Å². The van der Waals surface area contributed by atoms with Crippen molar-refractivity contribution in [1.29, 1.82) is 0 Å². The molecule has 0 spiro atoms. The van der Waals surface area contributed by atoms with Crippen molar-refractivity contribution in [3.63, 3.8) is 0 Å². The third kappa shape index (κ3) is 2.91. The lowest BCUT2D eigenvalue weighted by Gasteiger charge is -2.11. The first-order chi connectivity index (χ1) is 6.15. The molecule has 0 aliphatic rings. The van der Waals surface area contributed by atoms with Crippen molar-refractivity contribution in [2.24, 2.45) is 5.73 Å². The summed E-state index contributed by atoms with van der Waals surface area (Å²) >= 11 is 9.07. The average molecular weight is 266 g/mol. The van der Waals surface area contributed by atoms with Crippen LogP contribution in [0.15, 0.2) is 16.7 Å². The van der Waals surface area contributed by atoms with E-state index >= 15 is 0 Å². The van der Waals surface area contributed by atoms with Crippen LogP contribution in [0.2, 0.25) is 5.02 Å². The number of nitrogens with zero attached hydrogens (tertiary/aromatic N) is 1. The smallest absolute Gasteiger partial charge is 0.0737 e. The van der Waals surface area contributed by atoms with Gasteiger partial charge >= 0.3 is 0 Å². The topological polar surface area (TPSA) is 48.1 Å². The first-order valence-corrected chi connectivity index (χ1v) is 4.87. The first-order valence-electron chi connectivity index (χ1n) is 3.70. The highest BCUT2D eigenvalue weighted by Crippen LogP contribution is 2.23. The van der Waals surface area contributed by atoms with Crippen molar-refractivity contribution in [3.05, 3.63) is 27.5 Å². The largest absolute Gasteiger partial charge is 0.383 e. The monoisotopic (exact) mass is 264 g/mol. The molecule has 1 aromatic rings. The van der Waals surface area contributed by atoms with E-state index in [1.807, 2.05) is 0 Å². The zero-order valence-corrected chi connectivity index (χ0v) is 9.47. The summed E-state index contributed by atoms with van der Waals surface area (Å²) in [6.45, 7) is 0.438. The Morgan fingerprint density at radius 1 is 1.77 bits per heavy atom. The highest BCUT2D eigenvalue weighted by molar-refractivity contribution is 9.10. The molecule has 1 atom stereocenters. The van der Waals surface area contributed by atoms with Crippen LogP contribution in [0.4, 0.5) is 0 Å². The number of aromatic nitrogens is 1. The Kier molecular flexibility index (Phi) is 4.12. The van der Waals surface area contributed by atoms with Crippen molar-refractivity contribution in [2.75, 3.05) is 13.7 Å². The number of hydrogen-bond acceptors (Lipinski definition) is 3. The van der Waals surface area contributed by atoms with Crippen LogP contribution in [-0.2, 0) is 4.74 Å². The van der Waals surface area contributed by atoms with Gasteiger partial charge in [-0.2, -0.15) is 0 Å². The van der Waals surface area contributed by atoms with E-state index in [1.165, 1.54) is 0 Å². The molecule has 2 N–H and O–H groups in total. The molecule has 0 saturated carbocycles. The Labute approximate surface area is 90.4 Å². The van der Waals surface area contributed by atoms with Crippen molar-refractivity contribution in [1.82, 2.24) is 4.98 Å². The Balaban J connectivity index is 2.88. The summed E-state index contributed by atoms with van der Waals surface area (Å²) in [5, 5.41) is 0.584. The summed E-state index contributed by atoms with van der Waals surface area (Å²) in [4.78, 5) is 4.11. The van der Waals surface area contributed by atoms with Gasteiger partial charge in [0.2, 0.25) is 0 Å². The molecule has 0 aliphatic heterocycles. The molecule has 0 aromatic carbocycles. The van der Waals surface area contributed by atoms with Gasteiger partial charge in [-0.3, -0.25) is 4.98 Å². The van der Waals surface area contributed by atoms with E-state index in [0.717, 1.165) is 10.2 Å². The van der Waals surface area contributed by atoms with Gasteiger partial charge in [0.1, 0.15) is 0 Å². The van der Waals surface area contributed by atoms with Crippen LogP contribution in [0.3, 0.4) is 0 Å². The maximum atomic E-state index is 5.80. The number of ether oxygens (including phenoxy) is 1. The molecule has 0 bridgehead atoms. The third-order valence-corrected chi connectivity index (χ3v) is 2.38. The van der Waals surface area contributed by atoms with Gasteiger partial charge in [0.05, 0.1) is 23.4 Å². The van der Waals surface area contributed by atoms with Gasteiger partial charge in [-0.05, 0) is 22.0 Å². The second-order valence-electron chi connectivity index (χ2n) is 2.58. The predicted octanol–water partition coefficient (Wildman–Crippen LogP) is 2.14. The molecule has 0 fully saturated rings. The van der Waals surface area contributed by atoms with Gasteiger partial charge in [-0.25, -0.2) is 0 Å². The Hall–Kier alpha value is -0.160. The zero-order chi connectivity index (χ0) is 9.84. The fraction of sp³-hybridized carbons (Fsp3) is 0.375. The maximum Gasteiger partial charge on any atom is 0.0737 e. The van der Waals surface area contributed by atoms with Crippen LogP contribution in [0.1, 0.15) is 11.7 Å². The van der Waals surface area contributed by atoms with Gasteiger partial charge in [0.25, 0.3) is 0 Å². The number of rotatable bonds is 3. The van der Waals surface area contributed by atoms with Crippen LogP contribution >= 0.6 is 27.5 Å². The van der Waals surface area contributed by atoms with Crippen molar-refractivity contribution >= 4 is 27.5 Å². The molecule has 0 aliphatic carbocycles. The molecule has 13 heavy (non-hydrogen) atoms. The number of nitrogens with two attached hydrogens (primary N) is 1. The van der Waals surface area contributed by atoms with E-state index in [0.29, 0.717) is 11.6 Å². The molecular weight excluding hydrogens is 255 g/mol. The van der Waals surface area contributed by atoms with E-state index in [9.17, 15) is 0 Å². The number of methoxy groups -OCH3 is 1. The van der Waals surface area contributed by atoms with Crippen molar-refractivity contribution < 1.29 is 4.74 Å². The minimum absolute atomic E-state index is 0.225. The molecule has 1 aromatic heterocycles. The molecule has 72 valence electrons. The minimum atomic E-state index is -0.225. The SMILES string of the molecule is COC[C@@H](N)c1ncc(Cl)cc1Br. The first kappa shape index (κ1) is 10.9. The highest BCUT2D eigenvalue weighted by atomic mass is 79.9. The molecule has 1 rings (SSSR count). The number of pyridine rings is 1. The second-order valence-corrected chi connectivity index (χ2v) is 3.87. The fourth-order valence-corrected chi connectivity index (χ4v) is 1.89. The summed E-state index contributed by atoms with van der Waals surface area (Å²) in [5.74, 6) is 0. The maximum absolute atomic E-state index is 5.80. The highest BCUT2D eigenvalue weighted by Gasteiger charge is 2.11. The molecule has 0 amide bonds. The second kappa shape index (κ2) is 4.91. The van der Waals surface area contributed by atoms with E-state index in [4.69, 9.17) is 22.1 Å². The lowest BCUT2D eigenvalue weighted by atomic mass is 10.2. The van der Waals surface area contributed by atoms with Crippen LogP contribution < -0.4 is 5.73 Å². The van der Waals surface area contributed by atoms with Crippen LogP contribution in [-0.4, -0.2) is 18.7 Å². The fourth-order valence-electron chi connectivity index (χ4n) is 0.956. The Morgan fingerprint density at radius 2 is 2.46 bits per heavy atom. The number of hydrogen-bond donors (Lipinski definition) is 1. The van der Waals surface area contributed by atoms with Crippen molar-refractivity contribution in [3.8, 4) is 0 Å². The molecule has 0 saturated heterocycles. The summed E-state index contributed by atoms with van der Waals surface area (Å²) in [5.41, 5.74) is 6.55. The van der Waals surface area contributed by atoms with E-state index in [-0.39, 0.29) is 6.04 Å². The lowest BCUT2D eigenvalue weighted by molar-refractivity contribution is 0.179. The number of halogens is 2. The summed E-state index contributed by atoms with van der Waals surface area (Å²) < 4.78 is 5.73. The van der Waals surface area contributed by atoms with Crippen LogP contribution in [0.25, 0.3) is 0 Å². The molecular formula is C8H10BrClN2O. The Bertz CT molecular complexity index is 295. The summed E-state index contributed by atoms with van der Waals surface area (Å²) in [6.07, 6.45) is 1.57. The van der Waals surface area contributed by atoms with Gasteiger partial charge < -0.3 is 10.5 Å². The summed E-state index contributed by atoms with van der Waals surface area (Å²) in [7, 11) is 1.60. The third-order valence-electron chi connectivity index (χ3n) is 1.53. The van der Waals surface area contributed by atoms with Crippen LogP contribution in [0.5, 0.6) is 0 Å². The average Bonchev–Trinajstić information content (AvgIpc) is 2.04. The molecule has 1 heterocycles. The lowest BCUT2D eigenvalue weighted by Crippen LogP contribution is -2.17. The molecule has 3 nitrogen and oxygen atoms in total. The zero-order valence-electron chi connectivity index (χ0n) is 7.13. The molecule has 0 radical (unpaired) electrons. The normalized spacial score (nSPS) is 12.9. The summed E-state index contributed by atoms with van der Waals surface area (Å²) in [6, 6.07) is 1.54. The quantitative estimate of drug-likeness (QED) is 0.911. The Morgan fingerprint density at radius 3 is 3.00 bits per heavy atom. The van der Waals surface area contributed by atoms with E-state index in [1.54, 1.807) is 19.4 Å². The van der Waals surface area contributed by atoms with Gasteiger partial charge in [-0.15, -0.1) is 0 Å². The van der Waals surface area contributed by atoms with Crippen LogP contribution in [0, 0.1) is 0 Å². The van der Waals surface area contributed by atoms with Gasteiger partial charge in [-0.1, -0.05) is 11.6 Å².